The van der Waals surface area contributed by atoms with E-state index in [0.717, 1.165) is 17.4 Å². The van der Waals surface area contributed by atoms with E-state index in [4.69, 9.17) is 0 Å². The van der Waals surface area contributed by atoms with Crippen LogP contribution in [0.5, 0.6) is 0 Å². The van der Waals surface area contributed by atoms with Crippen molar-refractivity contribution < 1.29 is 4.79 Å². The SMILES string of the molecule is CCCCCCCCCCCCCCCCCCNC(=O)c1c(Br)cnn1C. The van der Waals surface area contributed by atoms with E-state index in [2.05, 4.69) is 33.3 Å². The van der Waals surface area contributed by atoms with Crippen molar-refractivity contribution in [2.24, 2.45) is 7.05 Å². The van der Waals surface area contributed by atoms with Crippen molar-refractivity contribution in [2.45, 2.75) is 110 Å². The minimum absolute atomic E-state index is 0.0483. The van der Waals surface area contributed by atoms with E-state index in [1.54, 1.807) is 17.9 Å². The standard InChI is InChI=1S/C23H42BrN3O/c1-3-4-5-6-7-8-9-10-11-12-13-14-15-16-17-18-19-25-23(28)22-21(24)20-26-27(22)2/h20H,3-19H2,1-2H3,(H,25,28). The molecule has 162 valence electrons. The Morgan fingerprint density at radius 3 is 1.68 bits per heavy atom. The second-order valence-corrected chi connectivity index (χ2v) is 8.88. The van der Waals surface area contributed by atoms with E-state index in [-0.39, 0.29) is 5.91 Å². The van der Waals surface area contributed by atoms with Crippen molar-refractivity contribution in [1.82, 2.24) is 15.1 Å². The van der Waals surface area contributed by atoms with Crippen LogP contribution in [-0.4, -0.2) is 22.2 Å². The second kappa shape index (κ2) is 17.1. The highest BCUT2D eigenvalue weighted by Gasteiger charge is 2.14. The lowest BCUT2D eigenvalue weighted by Crippen LogP contribution is -2.26. The normalized spacial score (nSPS) is 11.1. The molecule has 0 spiro atoms. The Kier molecular flexibility index (Phi) is 15.3. The van der Waals surface area contributed by atoms with Gasteiger partial charge in [0.2, 0.25) is 0 Å². The number of aromatic nitrogens is 2. The topological polar surface area (TPSA) is 46.9 Å². The van der Waals surface area contributed by atoms with Crippen molar-refractivity contribution in [3.63, 3.8) is 0 Å². The number of unbranched alkanes of at least 4 members (excludes halogenated alkanes) is 15. The summed E-state index contributed by atoms with van der Waals surface area (Å²) in [6.45, 7) is 3.03. The van der Waals surface area contributed by atoms with E-state index in [1.807, 2.05) is 0 Å². The average molecular weight is 457 g/mol. The van der Waals surface area contributed by atoms with Gasteiger partial charge in [-0.1, -0.05) is 103 Å². The van der Waals surface area contributed by atoms with Crippen LogP contribution in [-0.2, 0) is 7.05 Å². The number of carbonyl (C=O) groups is 1. The van der Waals surface area contributed by atoms with Gasteiger partial charge in [0.05, 0.1) is 10.7 Å². The molecule has 0 bridgehead atoms. The molecule has 1 aromatic rings. The molecule has 0 atom stereocenters. The molecule has 0 radical (unpaired) electrons. The maximum Gasteiger partial charge on any atom is 0.270 e. The maximum atomic E-state index is 12.1. The Bertz CT molecular complexity index is 496. The summed E-state index contributed by atoms with van der Waals surface area (Å²) in [5, 5.41) is 7.06. The monoisotopic (exact) mass is 455 g/mol. The summed E-state index contributed by atoms with van der Waals surface area (Å²) < 4.78 is 2.35. The predicted molar refractivity (Wildman–Crippen MR) is 123 cm³/mol. The third kappa shape index (κ3) is 11.9. The molecule has 1 aromatic heterocycles. The number of halogens is 1. The number of nitrogens with one attached hydrogen (secondary N) is 1. The molecule has 0 aliphatic carbocycles. The zero-order valence-electron chi connectivity index (χ0n) is 18.3. The summed E-state index contributed by atoms with van der Waals surface area (Å²) in [5.74, 6) is -0.0483. The molecule has 4 nitrogen and oxygen atoms in total. The largest absolute Gasteiger partial charge is 0.351 e. The van der Waals surface area contributed by atoms with Crippen molar-refractivity contribution in [3.05, 3.63) is 16.4 Å². The van der Waals surface area contributed by atoms with Crippen LogP contribution in [0.3, 0.4) is 0 Å². The third-order valence-electron chi connectivity index (χ3n) is 5.43. The molecule has 0 saturated heterocycles. The molecule has 0 aliphatic heterocycles. The lowest BCUT2D eigenvalue weighted by molar-refractivity contribution is 0.0942. The van der Waals surface area contributed by atoms with Crippen LogP contribution in [0.15, 0.2) is 10.7 Å². The fourth-order valence-electron chi connectivity index (χ4n) is 3.62. The van der Waals surface area contributed by atoms with Gasteiger partial charge < -0.3 is 5.32 Å². The number of aryl methyl sites for hydroxylation is 1. The van der Waals surface area contributed by atoms with Gasteiger partial charge in [0.1, 0.15) is 5.69 Å². The quantitative estimate of drug-likeness (QED) is 0.238. The van der Waals surface area contributed by atoms with Crippen LogP contribution in [0.2, 0.25) is 0 Å². The third-order valence-corrected chi connectivity index (χ3v) is 6.01. The predicted octanol–water partition coefficient (Wildman–Crippen LogP) is 7.17. The van der Waals surface area contributed by atoms with Crippen molar-refractivity contribution in [3.8, 4) is 0 Å². The molecule has 5 heteroatoms. The van der Waals surface area contributed by atoms with Crippen LogP contribution in [0, 0.1) is 0 Å². The van der Waals surface area contributed by atoms with Gasteiger partial charge in [-0.3, -0.25) is 9.48 Å². The Morgan fingerprint density at radius 2 is 1.29 bits per heavy atom. The Balaban J connectivity index is 1.80. The summed E-state index contributed by atoms with van der Waals surface area (Å²) in [6, 6.07) is 0. The lowest BCUT2D eigenvalue weighted by atomic mass is 10.0. The minimum Gasteiger partial charge on any atom is -0.351 e. The summed E-state index contributed by atoms with van der Waals surface area (Å²) >= 11 is 3.37. The fraction of sp³-hybridized carbons (Fsp3) is 0.826. The zero-order chi connectivity index (χ0) is 20.5. The molecule has 1 N–H and O–H groups in total. The van der Waals surface area contributed by atoms with Gasteiger partial charge in [-0.15, -0.1) is 0 Å². The number of rotatable bonds is 18. The number of nitrogens with zero attached hydrogens (tertiary/aromatic N) is 2. The van der Waals surface area contributed by atoms with Gasteiger partial charge in [0.15, 0.2) is 0 Å². The Hall–Kier alpha value is -0.840. The molecule has 0 aliphatic rings. The van der Waals surface area contributed by atoms with Crippen molar-refractivity contribution in [2.75, 3.05) is 6.54 Å². The van der Waals surface area contributed by atoms with E-state index in [1.165, 1.54) is 96.3 Å². The fourth-order valence-corrected chi connectivity index (χ4v) is 4.15. The summed E-state index contributed by atoms with van der Waals surface area (Å²) in [4.78, 5) is 12.1. The highest BCUT2D eigenvalue weighted by molar-refractivity contribution is 9.10. The van der Waals surface area contributed by atoms with Crippen LogP contribution < -0.4 is 5.32 Å². The molecule has 0 saturated carbocycles. The lowest BCUT2D eigenvalue weighted by Gasteiger charge is -2.06. The smallest absolute Gasteiger partial charge is 0.270 e. The molecular formula is C23H42BrN3O. The number of amides is 1. The summed E-state index contributed by atoms with van der Waals surface area (Å²) in [5.41, 5.74) is 0.594. The van der Waals surface area contributed by atoms with Gasteiger partial charge >= 0.3 is 0 Å². The molecule has 0 aromatic carbocycles. The Labute approximate surface area is 181 Å². The first-order chi connectivity index (χ1) is 13.7. The molecule has 1 amide bonds. The van der Waals surface area contributed by atoms with Gasteiger partial charge in [-0.05, 0) is 22.4 Å². The number of hydrogen-bond donors (Lipinski definition) is 1. The molecule has 0 fully saturated rings. The van der Waals surface area contributed by atoms with Gasteiger partial charge in [0, 0.05) is 13.6 Å². The highest BCUT2D eigenvalue weighted by Crippen LogP contribution is 2.15. The van der Waals surface area contributed by atoms with E-state index >= 15 is 0 Å². The maximum absolute atomic E-state index is 12.1. The summed E-state index contributed by atoms with van der Waals surface area (Å²) in [6.07, 6.45) is 23.5. The van der Waals surface area contributed by atoms with Crippen LogP contribution >= 0.6 is 15.9 Å². The van der Waals surface area contributed by atoms with Crippen LogP contribution in [0.1, 0.15) is 120 Å². The van der Waals surface area contributed by atoms with E-state index in [0.29, 0.717) is 5.69 Å². The Morgan fingerprint density at radius 1 is 0.857 bits per heavy atom. The van der Waals surface area contributed by atoms with Crippen LogP contribution in [0.25, 0.3) is 0 Å². The number of hydrogen-bond acceptors (Lipinski definition) is 2. The summed E-state index contributed by atoms with van der Waals surface area (Å²) in [7, 11) is 1.79. The first-order valence-corrected chi connectivity index (χ1v) is 12.4. The zero-order valence-corrected chi connectivity index (χ0v) is 19.9. The first kappa shape index (κ1) is 25.2. The minimum atomic E-state index is -0.0483. The van der Waals surface area contributed by atoms with Gasteiger partial charge in [-0.2, -0.15) is 5.10 Å². The van der Waals surface area contributed by atoms with Crippen LogP contribution in [0.4, 0.5) is 0 Å². The van der Waals surface area contributed by atoms with Crippen molar-refractivity contribution >= 4 is 21.8 Å². The number of carbonyl (C=O) groups excluding carboxylic acids is 1. The molecule has 0 unspecified atom stereocenters. The first-order valence-electron chi connectivity index (χ1n) is 11.6. The van der Waals surface area contributed by atoms with Gasteiger partial charge in [0.25, 0.3) is 5.91 Å². The molecule has 1 heterocycles. The van der Waals surface area contributed by atoms with Gasteiger partial charge in [-0.25, -0.2) is 0 Å². The second-order valence-electron chi connectivity index (χ2n) is 8.02. The van der Waals surface area contributed by atoms with E-state index < -0.39 is 0 Å². The van der Waals surface area contributed by atoms with Crippen molar-refractivity contribution in [1.29, 1.82) is 0 Å². The molecule has 1 rings (SSSR count). The molecular weight excluding hydrogens is 414 g/mol. The van der Waals surface area contributed by atoms with E-state index in [9.17, 15) is 4.79 Å². The molecule has 28 heavy (non-hydrogen) atoms. The highest BCUT2D eigenvalue weighted by atomic mass is 79.9. The average Bonchev–Trinajstić information content (AvgIpc) is 3.02.